The molecule has 42 heavy (non-hydrogen) atoms. The highest BCUT2D eigenvalue weighted by Crippen LogP contribution is 2.44. The summed E-state index contributed by atoms with van der Waals surface area (Å²) in [4.78, 5) is 31.2. The summed E-state index contributed by atoms with van der Waals surface area (Å²) < 4.78 is 12.0. The predicted molar refractivity (Wildman–Crippen MR) is 166 cm³/mol. The Morgan fingerprint density at radius 1 is 1.00 bits per heavy atom. The molecule has 2 atom stereocenters. The summed E-state index contributed by atoms with van der Waals surface area (Å²) in [6.45, 7) is 6.04. The van der Waals surface area contributed by atoms with Gasteiger partial charge in [0.1, 0.15) is 6.61 Å². The number of carbonyl (C=O) groups excluding carboxylic acids is 2. The van der Waals surface area contributed by atoms with Gasteiger partial charge in [0.05, 0.1) is 30.5 Å². The number of nitrogens with one attached hydrogen (secondary N) is 2. The number of esters is 1. The van der Waals surface area contributed by atoms with Crippen LogP contribution in [0.25, 0.3) is 5.69 Å². The van der Waals surface area contributed by atoms with Crippen molar-refractivity contribution in [2.75, 3.05) is 31.0 Å². The van der Waals surface area contributed by atoms with Crippen molar-refractivity contribution in [2.24, 2.45) is 0 Å². The second-order valence-electron chi connectivity index (χ2n) is 10.2. The van der Waals surface area contributed by atoms with E-state index in [1.54, 1.807) is 12.3 Å². The number of carbonyl (C=O) groups is 2. The Morgan fingerprint density at radius 2 is 1.81 bits per heavy atom. The highest BCUT2D eigenvalue weighted by Gasteiger charge is 2.42. The first kappa shape index (κ1) is 29.0. The summed E-state index contributed by atoms with van der Waals surface area (Å²) in [6, 6.07) is 20.8. The number of ether oxygens (including phenoxy) is 2. The van der Waals surface area contributed by atoms with Gasteiger partial charge < -0.3 is 29.6 Å². The molecule has 0 saturated carbocycles. The van der Waals surface area contributed by atoms with Gasteiger partial charge in [0.15, 0.2) is 5.11 Å². The van der Waals surface area contributed by atoms with Crippen LogP contribution in [-0.2, 0) is 14.3 Å². The van der Waals surface area contributed by atoms with E-state index in [-0.39, 0.29) is 30.6 Å². The van der Waals surface area contributed by atoms with Gasteiger partial charge in [0, 0.05) is 41.8 Å². The van der Waals surface area contributed by atoms with Gasteiger partial charge in [-0.25, -0.2) is 4.79 Å². The molecule has 5 rings (SSSR count). The monoisotopic (exact) mass is 583 g/mol. The first-order valence-electron chi connectivity index (χ1n) is 13.5. The van der Waals surface area contributed by atoms with Gasteiger partial charge in [-0.05, 0) is 98.7 Å². The van der Waals surface area contributed by atoms with Gasteiger partial charge in [-0.3, -0.25) is 9.78 Å². The van der Waals surface area contributed by atoms with Crippen LogP contribution in [0.15, 0.2) is 72.9 Å². The number of amides is 1. The largest absolute Gasteiger partial charge is 0.465 e. The molecule has 1 fully saturated rings. The van der Waals surface area contributed by atoms with E-state index in [4.69, 9.17) is 21.7 Å². The van der Waals surface area contributed by atoms with Crippen LogP contribution in [0.3, 0.4) is 0 Å². The molecule has 1 amide bonds. The van der Waals surface area contributed by atoms with Crippen LogP contribution in [0.4, 0.5) is 11.4 Å². The molecule has 3 heterocycles. The Kier molecular flexibility index (Phi) is 8.37. The molecule has 1 aliphatic rings. The number of aryl methyl sites for hydroxylation is 2. The van der Waals surface area contributed by atoms with Crippen LogP contribution < -0.4 is 15.5 Å². The first-order chi connectivity index (χ1) is 20.2. The van der Waals surface area contributed by atoms with E-state index < -0.39 is 0 Å². The summed E-state index contributed by atoms with van der Waals surface area (Å²) in [6.07, 6.45) is 1.78. The van der Waals surface area contributed by atoms with E-state index in [0.29, 0.717) is 16.4 Å². The molecule has 0 unspecified atom stereocenters. The maximum atomic E-state index is 12.3. The zero-order valence-electron chi connectivity index (χ0n) is 24.2. The van der Waals surface area contributed by atoms with Crippen molar-refractivity contribution in [1.29, 1.82) is 0 Å². The number of rotatable bonds is 8. The Morgan fingerprint density at radius 3 is 2.50 bits per heavy atom. The third-order valence-electron chi connectivity index (χ3n) is 7.45. The zero-order valence-corrected chi connectivity index (χ0v) is 25.0. The summed E-state index contributed by atoms with van der Waals surface area (Å²) in [5.41, 5.74) is 7.78. The molecule has 0 aliphatic carbocycles. The van der Waals surface area contributed by atoms with Crippen molar-refractivity contribution in [2.45, 2.75) is 32.9 Å². The van der Waals surface area contributed by atoms with Crippen molar-refractivity contribution in [1.82, 2.24) is 14.9 Å². The maximum Gasteiger partial charge on any atom is 0.337 e. The molecular weight excluding hydrogens is 550 g/mol. The van der Waals surface area contributed by atoms with Gasteiger partial charge in [0.25, 0.3) is 0 Å². The molecule has 0 bridgehead atoms. The predicted octanol–water partition coefficient (Wildman–Crippen LogP) is 5.35. The lowest BCUT2D eigenvalue weighted by atomic mass is 9.96. The van der Waals surface area contributed by atoms with E-state index in [0.717, 1.165) is 39.6 Å². The van der Waals surface area contributed by atoms with Crippen molar-refractivity contribution >= 4 is 40.6 Å². The van der Waals surface area contributed by atoms with Crippen LogP contribution in [0, 0.1) is 20.8 Å². The average Bonchev–Trinajstić information content (AvgIpc) is 3.48. The van der Waals surface area contributed by atoms with Gasteiger partial charge in [-0.15, -0.1) is 0 Å². The Hall–Kier alpha value is -4.54. The van der Waals surface area contributed by atoms with Crippen LogP contribution in [0.1, 0.15) is 50.7 Å². The van der Waals surface area contributed by atoms with Gasteiger partial charge >= 0.3 is 5.97 Å². The minimum Gasteiger partial charge on any atom is -0.465 e. The van der Waals surface area contributed by atoms with Gasteiger partial charge in [0.2, 0.25) is 5.91 Å². The number of anilines is 2. The number of benzene rings is 2. The summed E-state index contributed by atoms with van der Waals surface area (Å²) in [7, 11) is 2.87. The van der Waals surface area contributed by atoms with Crippen molar-refractivity contribution in [3.05, 3.63) is 107 Å². The van der Waals surface area contributed by atoms with E-state index >= 15 is 0 Å². The molecule has 4 aromatic rings. The van der Waals surface area contributed by atoms with Crippen LogP contribution >= 0.6 is 12.2 Å². The number of nitrogens with zero attached hydrogens (tertiary/aromatic N) is 3. The third-order valence-corrected chi connectivity index (χ3v) is 7.76. The highest BCUT2D eigenvalue weighted by atomic mass is 32.1. The fourth-order valence-electron chi connectivity index (χ4n) is 5.58. The van der Waals surface area contributed by atoms with Crippen LogP contribution in [-0.4, -0.2) is 47.4 Å². The van der Waals surface area contributed by atoms with E-state index in [2.05, 4.69) is 38.1 Å². The number of methoxy groups -OCH3 is 2. The van der Waals surface area contributed by atoms with E-state index in [1.165, 1.54) is 14.2 Å². The average molecular weight is 584 g/mol. The normalized spacial score (nSPS) is 16.3. The molecule has 0 spiro atoms. The molecule has 10 heteroatoms. The maximum absolute atomic E-state index is 12.3. The van der Waals surface area contributed by atoms with Crippen molar-refractivity contribution < 1.29 is 19.1 Å². The molecule has 0 radical (unpaired) electrons. The lowest BCUT2D eigenvalue weighted by Crippen LogP contribution is -2.29. The number of hydrogen-bond acceptors (Lipinski definition) is 6. The topological polar surface area (TPSA) is 97.7 Å². The molecular formula is C32H33N5O4S. The zero-order chi connectivity index (χ0) is 30.0. The number of aromatic nitrogens is 2. The molecule has 2 aromatic carbocycles. The molecule has 2 N–H and O–H groups in total. The molecule has 9 nitrogen and oxygen atoms in total. The van der Waals surface area contributed by atoms with Gasteiger partial charge in [-0.1, -0.05) is 12.1 Å². The molecule has 1 aliphatic heterocycles. The smallest absolute Gasteiger partial charge is 0.337 e. The Bertz CT molecular complexity index is 1650. The second-order valence-corrected chi connectivity index (χ2v) is 10.6. The lowest BCUT2D eigenvalue weighted by Gasteiger charge is -2.29. The third kappa shape index (κ3) is 5.50. The molecule has 1 saturated heterocycles. The number of hydrogen-bond donors (Lipinski definition) is 2. The fourth-order valence-corrected chi connectivity index (χ4v) is 5.92. The summed E-state index contributed by atoms with van der Waals surface area (Å²) in [5.74, 6) is -0.605. The number of thiocarbonyl (C=S) groups is 1. The number of pyridine rings is 1. The van der Waals surface area contributed by atoms with E-state index in [9.17, 15) is 9.59 Å². The van der Waals surface area contributed by atoms with E-state index in [1.807, 2.05) is 68.4 Å². The Labute approximate surface area is 250 Å². The highest BCUT2D eigenvalue weighted by molar-refractivity contribution is 7.80. The minimum absolute atomic E-state index is 0.0205. The van der Waals surface area contributed by atoms with Crippen LogP contribution in [0.5, 0.6) is 0 Å². The minimum atomic E-state index is -0.386. The standard InChI is InChI=1S/C32H33N5O4S/c1-19-15-24(12-13-26(19)34-28(38)18-40-4)37-30(29(35-32(37)42)27-11-6-7-14-33-27)25-16-20(2)36(21(25)3)23-10-8-9-22(17-23)31(39)41-5/h6-17,29-30H,18H2,1-5H3,(H,34,38)(H,35,42)/t29-,30+/m0/s1. The van der Waals surface area contributed by atoms with Crippen molar-refractivity contribution in [3.8, 4) is 5.69 Å². The van der Waals surface area contributed by atoms with Gasteiger partial charge in [-0.2, -0.15) is 0 Å². The second kappa shape index (κ2) is 12.1. The summed E-state index contributed by atoms with van der Waals surface area (Å²) >= 11 is 5.94. The molecule has 2 aromatic heterocycles. The quantitative estimate of drug-likeness (QED) is 0.212. The van der Waals surface area contributed by atoms with Crippen molar-refractivity contribution in [3.63, 3.8) is 0 Å². The first-order valence-corrected chi connectivity index (χ1v) is 13.9. The fraction of sp³-hybridized carbons (Fsp3) is 0.250. The van der Waals surface area contributed by atoms with Crippen LogP contribution in [0.2, 0.25) is 0 Å². The Balaban J connectivity index is 1.61. The SMILES string of the molecule is COCC(=O)Nc1ccc(N2C(=S)N[C@@H](c3ccccn3)[C@H]2c2cc(C)n(-c3cccc(C(=O)OC)c3)c2C)cc1C. The lowest BCUT2D eigenvalue weighted by molar-refractivity contribution is -0.119. The summed E-state index contributed by atoms with van der Waals surface area (Å²) in [5, 5.41) is 6.98. The molecule has 216 valence electrons.